The van der Waals surface area contributed by atoms with E-state index in [9.17, 15) is 8.42 Å². The molecule has 5 heteroatoms. The number of rotatable bonds is 6. The lowest BCUT2D eigenvalue weighted by atomic mass is 10.0. The normalized spacial score (nSPS) is 13.6. The number of benzene rings is 1. The van der Waals surface area contributed by atoms with Gasteiger partial charge in [0.25, 0.3) is 0 Å². The van der Waals surface area contributed by atoms with E-state index in [1.165, 1.54) is 0 Å². The lowest BCUT2D eigenvalue weighted by molar-refractivity contribution is 0.539. The highest BCUT2D eigenvalue weighted by Gasteiger charge is 2.17. The van der Waals surface area contributed by atoms with E-state index in [1.807, 2.05) is 37.3 Å². The van der Waals surface area contributed by atoms with Gasteiger partial charge in [0.1, 0.15) is 5.21 Å². The molecule has 0 aliphatic heterocycles. The van der Waals surface area contributed by atoms with E-state index in [4.69, 9.17) is 11.6 Å². The van der Waals surface area contributed by atoms with E-state index in [1.54, 1.807) is 0 Å². The Balaban J connectivity index is 2.84. The first-order valence-corrected chi connectivity index (χ1v) is 7.38. The van der Waals surface area contributed by atoms with Crippen molar-refractivity contribution in [1.82, 2.24) is 4.72 Å². The van der Waals surface area contributed by atoms with Gasteiger partial charge in [-0.05, 0) is 12.0 Å². The second kappa shape index (κ2) is 6.23. The zero-order chi connectivity index (χ0) is 12.0. The number of hydrogen-bond acceptors (Lipinski definition) is 2. The monoisotopic (exact) mass is 261 g/mol. The molecule has 90 valence electrons. The van der Waals surface area contributed by atoms with Crippen molar-refractivity contribution in [2.24, 2.45) is 0 Å². The fraction of sp³-hybridized carbons (Fsp3) is 0.455. The number of hydrogen-bond donors (Lipinski definition) is 1. The maximum atomic E-state index is 11.4. The summed E-state index contributed by atoms with van der Waals surface area (Å²) >= 11 is 5.37. The highest BCUT2D eigenvalue weighted by Crippen LogP contribution is 2.19. The molecule has 0 aliphatic rings. The minimum atomic E-state index is -3.37. The van der Waals surface area contributed by atoms with Gasteiger partial charge in [-0.3, -0.25) is 0 Å². The van der Waals surface area contributed by atoms with Crippen LogP contribution >= 0.6 is 11.6 Å². The van der Waals surface area contributed by atoms with Crippen molar-refractivity contribution in [2.75, 3.05) is 5.21 Å². The lowest BCUT2D eigenvalue weighted by Gasteiger charge is -2.17. The molecule has 0 saturated carbocycles. The molecule has 1 N–H and O–H groups in total. The van der Waals surface area contributed by atoms with Crippen LogP contribution in [0.2, 0.25) is 0 Å². The van der Waals surface area contributed by atoms with Crippen LogP contribution in [0.15, 0.2) is 30.3 Å². The molecule has 0 saturated heterocycles. The summed E-state index contributed by atoms with van der Waals surface area (Å²) in [6.07, 6.45) is 1.67. The van der Waals surface area contributed by atoms with Crippen LogP contribution in [0, 0.1) is 0 Å². The summed E-state index contributed by atoms with van der Waals surface area (Å²) in [4.78, 5) is 0. The molecule has 0 heterocycles. The number of alkyl halides is 1. The van der Waals surface area contributed by atoms with E-state index in [0.29, 0.717) is 0 Å². The van der Waals surface area contributed by atoms with Crippen LogP contribution in [0.25, 0.3) is 0 Å². The molecule has 0 aromatic heterocycles. The van der Waals surface area contributed by atoms with Crippen molar-refractivity contribution >= 4 is 21.6 Å². The summed E-state index contributed by atoms with van der Waals surface area (Å²) in [7, 11) is -3.37. The highest BCUT2D eigenvalue weighted by molar-refractivity contribution is 7.90. The largest absolute Gasteiger partial charge is 0.226 e. The molecule has 1 rings (SSSR count). The standard InChI is InChI=1S/C11H16ClNO2S/c1-2-6-11(13-16(14,15)9-12)10-7-4-3-5-8-10/h3-5,7-8,11,13H,2,6,9H2,1H3. The van der Waals surface area contributed by atoms with Crippen molar-refractivity contribution in [3.05, 3.63) is 35.9 Å². The first-order valence-electron chi connectivity index (χ1n) is 5.20. The van der Waals surface area contributed by atoms with Gasteiger partial charge in [0.15, 0.2) is 0 Å². The fourth-order valence-corrected chi connectivity index (χ4v) is 2.46. The van der Waals surface area contributed by atoms with Gasteiger partial charge in [-0.25, -0.2) is 13.1 Å². The first kappa shape index (κ1) is 13.5. The second-order valence-electron chi connectivity index (χ2n) is 3.59. The molecule has 1 atom stereocenters. The van der Waals surface area contributed by atoms with Crippen molar-refractivity contribution in [3.63, 3.8) is 0 Å². The van der Waals surface area contributed by atoms with Gasteiger partial charge < -0.3 is 0 Å². The van der Waals surface area contributed by atoms with Crippen LogP contribution in [0.4, 0.5) is 0 Å². The van der Waals surface area contributed by atoms with Gasteiger partial charge in [0.05, 0.1) is 0 Å². The smallest absolute Gasteiger partial charge is 0.211 e. The third-order valence-electron chi connectivity index (χ3n) is 2.24. The SMILES string of the molecule is CCCC(NS(=O)(=O)CCl)c1ccccc1. The zero-order valence-electron chi connectivity index (χ0n) is 9.19. The third kappa shape index (κ3) is 4.12. The Labute approximate surface area is 102 Å². The van der Waals surface area contributed by atoms with Crippen molar-refractivity contribution in [1.29, 1.82) is 0 Å². The summed E-state index contributed by atoms with van der Waals surface area (Å²) in [5, 5.41) is -0.403. The van der Waals surface area contributed by atoms with E-state index in [2.05, 4.69) is 4.72 Å². The zero-order valence-corrected chi connectivity index (χ0v) is 10.8. The molecule has 3 nitrogen and oxygen atoms in total. The Morgan fingerprint density at radius 3 is 2.44 bits per heavy atom. The van der Waals surface area contributed by atoms with Gasteiger partial charge in [-0.2, -0.15) is 0 Å². The molecule has 0 spiro atoms. The molecule has 16 heavy (non-hydrogen) atoms. The van der Waals surface area contributed by atoms with Crippen molar-refractivity contribution < 1.29 is 8.42 Å². The molecule has 0 aliphatic carbocycles. The Bertz CT molecular complexity index is 405. The molecule has 1 unspecified atom stereocenters. The van der Waals surface area contributed by atoms with Crippen molar-refractivity contribution in [2.45, 2.75) is 25.8 Å². The summed E-state index contributed by atoms with van der Waals surface area (Å²) in [5.41, 5.74) is 0.970. The maximum Gasteiger partial charge on any atom is 0.226 e. The summed E-state index contributed by atoms with van der Waals surface area (Å²) in [6, 6.07) is 9.34. The first-order chi connectivity index (χ1) is 7.59. The quantitative estimate of drug-likeness (QED) is 0.801. The highest BCUT2D eigenvalue weighted by atomic mass is 35.5. The number of halogens is 1. The molecule has 1 aromatic rings. The topological polar surface area (TPSA) is 46.2 Å². The van der Waals surface area contributed by atoms with E-state index >= 15 is 0 Å². The van der Waals surface area contributed by atoms with Crippen LogP contribution in [0.5, 0.6) is 0 Å². The molecule has 0 fully saturated rings. The summed E-state index contributed by atoms with van der Waals surface area (Å²) in [6.45, 7) is 2.02. The lowest BCUT2D eigenvalue weighted by Crippen LogP contribution is -2.29. The van der Waals surface area contributed by atoms with Gasteiger partial charge >= 0.3 is 0 Å². The predicted molar refractivity (Wildman–Crippen MR) is 66.9 cm³/mol. The van der Waals surface area contributed by atoms with Gasteiger partial charge in [0.2, 0.25) is 10.0 Å². The number of sulfonamides is 1. The Morgan fingerprint density at radius 1 is 1.31 bits per heavy atom. The van der Waals surface area contributed by atoms with E-state index in [-0.39, 0.29) is 6.04 Å². The van der Waals surface area contributed by atoms with Crippen LogP contribution < -0.4 is 4.72 Å². The van der Waals surface area contributed by atoms with Gasteiger partial charge in [-0.1, -0.05) is 43.7 Å². The van der Waals surface area contributed by atoms with Crippen LogP contribution in [-0.4, -0.2) is 13.6 Å². The Hall–Kier alpha value is -0.580. The second-order valence-corrected chi connectivity index (χ2v) is 5.93. The molecule has 1 aromatic carbocycles. The Kier molecular flexibility index (Phi) is 5.25. The van der Waals surface area contributed by atoms with E-state index in [0.717, 1.165) is 18.4 Å². The van der Waals surface area contributed by atoms with Gasteiger partial charge in [0, 0.05) is 6.04 Å². The molecule has 0 bridgehead atoms. The average molecular weight is 262 g/mol. The van der Waals surface area contributed by atoms with Crippen LogP contribution in [0.3, 0.4) is 0 Å². The van der Waals surface area contributed by atoms with Crippen LogP contribution in [0.1, 0.15) is 31.4 Å². The van der Waals surface area contributed by atoms with Crippen molar-refractivity contribution in [3.8, 4) is 0 Å². The molecule has 0 amide bonds. The molecule has 0 radical (unpaired) electrons. The van der Waals surface area contributed by atoms with E-state index < -0.39 is 15.2 Å². The summed E-state index contributed by atoms with van der Waals surface area (Å²) < 4.78 is 25.4. The Morgan fingerprint density at radius 2 is 1.94 bits per heavy atom. The fourth-order valence-electron chi connectivity index (χ4n) is 1.52. The maximum absolute atomic E-state index is 11.4. The molecular weight excluding hydrogens is 246 g/mol. The van der Waals surface area contributed by atoms with Crippen LogP contribution in [-0.2, 0) is 10.0 Å². The van der Waals surface area contributed by atoms with Gasteiger partial charge in [-0.15, -0.1) is 11.6 Å². The predicted octanol–water partition coefficient (Wildman–Crippen LogP) is 2.64. The minimum absolute atomic E-state index is 0.185. The summed E-state index contributed by atoms with van der Waals surface area (Å²) in [5.74, 6) is 0. The number of nitrogens with one attached hydrogen (secondary N) is 1. The average Bonchev–Trinajstić information content (AvgIpc) is 2.29. The minimum Gasteiger partial charge on any atom is -0.211 e. The third-order valence-corrected chi connectivity index (χ3v) is 4.04. The molecular formula is C11H16ClNO2S.